The molecule has 24 heavy (non-hydrogen) atoms. The topological polar surface area (TPSA) is 65.0 Å². The number of rotatable bonds is 8. The van der Waals surface area contributed by atoms with Gasteiger partial charge in [-0.25, -0.2) is 4.79 Å². The molecule has 0 aromatic heterocycles. The van der Waals surface area contributed by atoms with Crippen LogP contribution in [0, 0.1) is 0 Å². The summed E-state index contributed by atoms with van der Waals surface area (Å²) in [7, 11) is 0. The summed E-state index contributed by atoms with van der Waals surface area (Å²) in [5, 5.41) is 14.0. The van der Waals surface area contributed by atoms with Crippen LogP contribution in [0.25, 0.3) is 0 Å². The van der Waals surface area contributed by atoms with Gasteiger partial charge in [-0.1, -0.05) is 13.8 Å². The van der Waals surface area contributed by atoms with Gasteiger partial charge < -0.3 is 25.0 Å². The van der Waals surface area contributed by atoms with Gasteiger partial charge in [0.25, 0.3) is 0 Å². The van der Waals surface area contributed by atoms with Crippen LogP contribution in [0.3, 0.4) is 0 Å². The molecule has 0 atom stereocenters. The second-order valence-corrected chi connectivity index (χ2v) is 7.75. The largest absolute Gasteiger partial charge is 0.444 e. The summed E-state index contributed by atoms with van der Waals surface area (Å²) in [6.45, 7) is 15.8. The third kappa shape index (κ3) is 7.81. The van der Waals surface area contributed by atoms with Gasteiger partial charge in [0.15, 0.2) is 0 Å². The Morgan fingerprint density at radius 3 is 2.33 bits per heavy atom. The number of hydrogen-bond acceptors (Lipinski definition) is 5. The number of ether oxygens (including phenoxy) is 1. The van der Waals surface area contributed by atoms with Crippen molar-refractivity contribution in [1.29, 1.82) is 0 Å². The molecular formula is C18H37N3O3. The van der Waals surface area contributed by atoms with E-state index in [1.54, 1.807) is 4.90 Å². The Kier molecular flexibility index (Phi) is 8.46. The lowest BCUT2D eigenvalue weighted by Crippen LogP contribution is -2.52. The number of piperidine rings is 1. The van der Waals surface area contributed by atoms with Crippen LogP contribution in [0.1, 0.15) is 53.9 Å². The van der Waals surface area contributed by atoms with Crippen molar-refractivity contribution in [3.63, 3.8) is 0 Å². The molecule has 6 heteroatoms. The molecule has 0 aromatic carbocycles. The van der Waals surface area contributed by atoms with E-state index >= 15 is 0 Å². The van der Waals surface area contributed by atoms with Crippen molar-refractivity contribution in [3.8, 4) is 0 Å². The molecule has 2 N–H and O–H groups in total. The number of nitrogens with one attached hydrogen (secondary N) is 1. The van der Waals surface area contributed by atoms with Crippen LogP contribution in [-0.4, -0.2) is 78.0 Å². The minimum atomic E-state index is -0.715. The molecule has 1 fully saturated rings. The van der Waals surface area contributed by atoms with E-state index in [1.807, 2.05) is 20.8 Å². The molecule has 0 radical (unpaired) electrons. The minimum absolute atomic E-state index is 0.281. The number of amides is 1. The molecule has 1 saturated heterocycles. The fourth-order valence-corrected chi connectivity index (χ4v) is 2.90. The number of carbonyl (C=O) groups excluding carboxylic acids is 1. The Labute approximate surface area is 147 Å². The molecule has 0 bridgehead atoms. The maximum atomic E-state index is 12.0. The third-order valence-corrected chi connectivity index (χ3v) is 4.52. The van der Waals surface area contributed by atoms with Crippen molar-refractivity contribution >= 4 is 6.09 Å². The van der Waals surface area contributed by atoms with Gasteiger partial charge in [0.2, 0.25) is 0 Å². The first kappa shape index (κ1) is 21.2. The van der Waals surface area contributed by atoms with Crippen LogP contribution in [0.2, 0.25) is 0 Å². The maximum Gasteiger partial charge on any atom is 0.410 e. The lowest BCUT2D eigenvalue weighted by atomic mass is 9.91. The molecule has 1 amide bonds. The quantitative estimate of drug-likeness (QED) is 0.661. The van der Waals surface area contributed by atoms with Crippen molar-refractivity contribution < 1.29 is 14.6 Å². The lowest BCUT2D eigenvalue weighted by Gasteiger charge is -2.38. The maximum absolute atomic E-state index is 12.0. The summed E-state index contributed by atoms with van der Waals surface area (Å²) < 4.78 is 5.39. The van der Waals surface area contributed by atoms with Gasteiger partial charge in [0.1, 0.15) is 5.60 Å². The van der Waals surface area contributed by atoms with Crippen LogP contribution < -0.4 is 5.32 Å². The molecule has 1 aliphatic heterocycles. The molecule has 142 valence electrons. The highest BCUT2D eigenvalue weighted by Gasteiger charge is 2.34. The van der Waals surface area contributed by atoms with Crippen LogP contribution in [0.15, 0.2) is 0 Å². The highest BCUT2D eigenvalue weighted by Crippen LogP contribution is 2.23. The van der Waals surface area contributed by atoms with Gasteiger partial charge >= 0.3 is 6.09 Å². The van der Waals surface area contributed by atoms with E-state index < -0.39 is 11.2 Å². The lowest BCUT2D eigenvalue weighted by molar-refractivity contribution is -0.0308. The Morgan fingerprint density at radius 1 is 1.25 bits per heavy atom. The number of nitrogens with zero attached hydrogens (tertiary/aromatic N) is 2. The Balaban J connectivity index is 2.24. The van der Waals surface area contributed by atoms with Crippen LogP contribution in [0.5, 0.6) is 0 Å². The van der Waals surface area contributed by atoms with Crippen LogP contribution in [0.4, 0.5) is 4.79 Å². The van der Waals surface area contributed by atoms with Crippen molar-refractivity contribution in [1.82, 2.24) is 15.1 Å². The van der Waals surface area contributed by atoms with Crippen LogP contribution >= 0.6 is 0 Å². The number of likely N-dealkylation sites (tertiary alicyclic amines) is 1. The summed E-state index contributed by atoms with van der Waals surface area (Å²) in [5.74, 6) is 0. The molecular weight excluding hydrogens is 306 g/mol. The zero-order chi connectivity index (χ0) is 18.2. The molecule has 1 aliphatic rings. The fraction of sp³-hybridized carbons (Fsp3) is 0.944. The van der Waals surface area contributed by atoms with Gasteiger partial charge in [-0.15, -0.1) is 0 Å². The predicted molar refractivity (Wildman–Crippen MR) is 97.3 cm³/mol. The SMILES string of the molecule is CCN(CC)CCCNCC1(O)CCN(C(=O)OC(C)(C)C)CC1. The molecule has 0 saturated carbocycles. The summed E-state index contributed by atoms with van der Waals surface area (Å²) in [5.41, 5.74) is -1.19. The first-order chi connectivity index (χ1) is 11.2. The summed E-state index contributed by atoms with van der Waals surface area (Å²) >= 11 is 0. The van der Waals surface area contributed by atoms with E-state index in [-0.39, 0.29) is 6.09 Å². The molecule has 0 aromatic rings. The van der Waals surface area contributed by atoms with E-state index in [0.29, 0.717) is 32.5 Å². The smallest absolute Gasteiger partial charge is 0.410 e. The highest BCUT2D eigenvalue weighted by atomic mass is 16.6. The van der Waals surface area contributed by atoms with E-state index in [0.717, 1.165) is 32.6 Å². The average Bonchev–Trinajstić information content (AvgIpc) is 2.50. The van der Waals surface area contributed by atoms with E-state index in [9.17, 15) is 9.90 Å². The summed E-state index contributed by atoms with van der Waals surface area (Å²) in [4.78, 5) is 16.1. The van der Waals surface area contributed by atoms with Crippen molar-refractivity contribution in [3.05, 3.63) is 0 Å². The normalized spacial score (nSPS) is 18.0. The Hall–Kier alpha value is -0.850. The monoisotopic (exact) mass is 343 g/mol. The average molecular weight is 344 g/mol. The summed E-state index contributed by atoms with van der Waals surface area (Å²) in [6.07, 6.45) is 1.99. The molecule has 0 unspecified atom stereocenters. The standard InChI is InChI=1S/C18H37N3O3/c1-6-20(7-2)12-8-11-19-15-18(23)9-13-21(14-10-18)16(22)24-17(3,4)5/h19,23H,6-15H2,1-5H3. The molecule has 6 nitrogen and oxygen atoms in total. The fourth-order valence-electron chi connectivity index (χ4n) is 2.90. The molecule has 0 aliphatic carbocycles. The van der Waals surface area contributed by atoms with Crippen molar-refractivity contribution in [2.45, 2.75) is 65.1 Å². The van der Waals surface area contributed by atoms with E-state index in [1.165, 1.54) is 0 Å². The predicted octanol–water partition coefficient (Wildman–Crippen LogP) is 2.07. The number of aliphatic hydroxyl groups is 1. The second kappa shape index (κ2) is 9.59. The van der Waals surface area contributed by atoms with E-state index in [4.69, 9.17) is 4.74 Å². The Morgan fingerprint density at radius 2 is 1.83 bits per heavy atom. The zero-order valence-corrected chi connectivity index (χ0v) is 16.2. The van der Waals surface area contributed by atoms with Gasteiger partial charge in [-0.3, -0.25) is 0 Å². The third-order valence-electron chi connectivity index (χ3n) is 4.52. The molecule has 1 rings (SSSR count). The first-order valence-electron chi connectivity index (χ1n) is 9.32. The number of hydrogen-bond donors (Lipinski definition) is 2. The van der Waals surface area contributed by atoms with Gasteiger partial charge in [0, 0.05) is 19.6 Å². The first-order valence-corrected chi connectivity index (χ1v) is 9.32. The second-order valence-electron chi connectivity index (χ2n) is 7.75. The highest BCUT2D eigenvalue weighted by molar-refractivity contribution is 5.68. The minimum Gasteiger partial charge on any atom is -0.444 e. The van der Waals surface area contributed by atoms with Crippen molar-refractivity contribution in [2.24, 2.45) is 0 Å². The number of carbonyl (C=O) groups is 1. The van der Waals surface area contributed by atoms with Crippen molar-refractivity contribution in [2.75, 3.05) is 45.8 Å². The Bertz CT molecular complexity index is 370. The van der Waals surface area contributed by atoms with Gasteiger partial charge in [0.05, 0.1) is 5.60 Å². The summed E-state index contributed by atoms with van der Waals surface area (Å²) in [6, 6.07) is 0. The molecule has 0 spiro atoms. The van der Waals surface area contributed by atoms with Gasteiger partial charge in [-0.2, -0.15) is 0 Å². The van der Waals surface area contributed by atoms with Crippen LogP contribution in [-0.2, 0) is 4.74 Å². The zero-order valence-electron chi connectivity index (χ0n) is 16.2. The molecule has 1 heterocycles. The van der Waals surface area contributed by atoms with E-state index in [2.05, 4.69) is 24.1 Å². The van der Waals surface area contributed by atoms with Gasteiger partial charge in [-0.05, 0) is 66.2 Å².